The van der Waals surface area contributed by atoms with Gasteiger partial charge in [0.2, 0.25) is 0 Å². The Labute approximate surface area is 352 Å². The van der Waals surface area contributed by atoms with Crippen molar-refractivity contribution >= 4 is 29.3 Å². The number of methoxy groups -OCH3 is 1. The molecule has 334 valence electrons. The standard InChI is InChI=1S/C43H65FN6O10/c1-12-32-43(8)35(50(40(55)60-43)19-14-13-18-49-23-30(46-47-49)28-16-15-17-29(45)21-28)26(4)33(51)24(2)22-41(6,56-11)37(27(5)36(53)42(7,44)39(54)58-32)59-38-34(52)31(48(9)10)20-25(3)57-38/h15-17,21,23-27,31-32,34-35,37-38,52H,12-14,18-20,22,45H2,1-11H3/t24-,25-,26+,27+,31+,32-,34-,35?,37-,38+,41-,42+,43-/m1/s1. The number of benzene rings is 1. The summed E-state index contributed by atoms with van der Waals surface area (Å²) in [6.45, 7) is 13.1. The SMILES string of the molecule is CC[C@H]1OC(=O)[C@@](C)(F)C(=O)[C@H](C)[C@@H](O[C@@H]2O[C@H](C)C[C@H](N(C)C)[C@H]2O)[C@](C)(OC)C[C@@H](C)C(=O)[C@H](C)C2N(CCCCn3cc(-c4cccc(N)c4)nn3)C(=O)O[C@@]21C. The number of aliphatic hydroxyl groups is 1. The number of hydrogen-bond acceptors (Lipinski definition) is 14. The fourth-order valence-electron chi connectivity index (χ4n) is 9.51. The summed E-state index contributed by atoms with van der Waals surface area (Å²) in [5.74, 6) is -5.85. The summed E-state index contributed by atoms with van der Waals surface area (Å²) >= 11 is 0. The van der Waals surface area contributed by atoms with Gasteiger partial charge in [0.1, 0.15) is 23.7 Å². The monoisotopic (exact) mass is 844 g/mol. The second-order valence-corrected chi connectivity index (χ2v) is 17.8. The molecule has 16 nitrogen and oxygen atoms in total. The van der Waals surface area contributed by atoms with Crippen LogP contribution in [0.3, 0.4) is 0 Å². The van der Waals surface area contributed by atoms with E-state index in [4.69, 9.17) is 29.4 Å². The van der Waals surface area contributed by atoms with Gasteiger partial charge in [0.15, 0.2) is 17.7 Å². The van der Waals surface area contributed by atoms with Crippen LogP contribution in [0.2, 0.25) is 0 Å². The van der Waals surface area contributed by atoms with Gasteiger partial charge >= 0.3 is 12.1 Å². The number of unbranched alkanes of at least 4 members (excludes halogenated alkanes) is 1. The van der Waals surface area contributed by atoms with Crippen LogP contribution in [0, 0.1) is 17.8 Å². The van der Waals surface area contributed by atoms with E-state index in [1.807, 2.05) is 50.3 Å². The lowest BCUT2D eigenvalue weighted by atomic mass is 9.73. The largest absolute Gasteiger partial charge is 0.455 e. The number of halogens is 1. The number of rotatable bonds is 11. The molecule has 3 fully saturated rings. The Morgan fingerprint density at radius 2 is 1.73 bits per heavy atom. The Kier molecular flexibility index (Phi) is 14.5. The summed E-state index contributed by atoms with van der Waals surface area (Å²) in [4.78, 5) is 60.1. The number of aryl methyl sites for hydroxylation is 1. The Bertz CT molecular complexity index is 1860. The number of alkyl halides is 1. The van der Waals surface area contributed by atoms with Gasteiger partial charge < -0.3 is 44.3 Å². The first kappa shape index (κ1) is 47.0. The van der Waals surface area contributed by atoms with E-state index in [0.717, 1.165) is 12.5 Å². The summed E-state index contributed by atoms with van der Waals surface area (Å²) in [7, 11) is 5.04. The predicted molar refractivity (Wildman–Crippen MR) is 219 cm³/mol. The smallest absolute Gasteiger partial charge is 0.410 e. The summed E-state index contributed by atoms with van der Waals surface area (Å²) in [6, 6.07) is 6.02. The van der Waals surface area contributed by atoms with Crippen LogP contribution in [-0.4, -0.2) is 141 Å². The number of nitrogen functional groups attached to an aromatic ring is 1. The second kappa shape index (κ2) is 18.5. The molecule has 0 spiro atoms. The van der Waals surface area contributed by atoms with Crippen molar-refractivity contribution in [3.63, 3.8) is 0 Å². The lowest BCUT2D eigenvalue weighted by Crippen LogP contribution is -2.61. The minimum Gasteiger partial charge on any atom is -0.455 e. The molecule has 60 heavy (non-hydrogen) atoms. The number of likely N-dealkylation sites (N-methyl/N-ethyl adjacent to an activating group) is 1. The van der Waals surface area contributed by atoms with Crippen molar-refractivity contribution in [2.24, 2.45) is 17.8 Å². The van der Waals surface area contributed by atoms with E-state index in [9.17, 15) is 24.3 Å². The highest BCUT2D eigenvalue weighted by molar-refractivity contribution is 6.08. The zero-order chi connectivity index (χ0) is 44.5. The molecule has 2 aromatic rings. The first-order valence-corrected chi connectivity index (χ1v) is 21.0. The van der Waals surface area contributed by atoms with Gasteiger partial charge in [0.25, 0.3) is 5.67 Å². The van der Waals surface area contributed by atoms with E-state index < -0.39 is 83.1 Å². The van der Waals surface area contributed by atoms with Crippen molar-refractivity contribution in [2.75, 3.05) is 33.5 Å². The van der Waals surface area contributed by atoms with Crippen LogP contribution >= 0.6 is 0 Å². The molecular formula is C43H65FN6O10. The topological polar surface area (TPSA) is 198 Å². The quantitative estimate of drug-likeness (QED) is 0.138. The molecule has 1 aromatic carbocycles. The molecule has 0 saturated carbocycles. The van der Waals surface area contributed by atoms with Crippen molar-refractivity contribution in [2.45, 2.75) is 154 Å². The summed E-state index contributed by atoms with van der Waals surface area (Å²) in [5.41, 5.74) is 1.80. The molecule has 3 saturated heterocycles. The minimum absolute atomic E-state index is 0.0111. The number of carbonyl (C=O) groups is 4. The number of aromatic nitrogens is 3. The Morgan fingerprint density at radius 1 is 1.05 bits per heavy atom. The maximum absolute atomic E-state index is 16.9. The number of nitrogens with zero attached hydrogens (tertiary/aromatic N) is 5. The average Bonchev–Trinajstić information content (AvgIpc) is 3.78. The number of anilines is 1. The van der Waals surface area contributed by atoms with E-state index in [1.54, 1.807) is 45.4 Å². The summed E-state index contributed by atoms with van der Waals surface area (Å²) in [6.07, 6.45) is -2.57. The molecule has 5 rings (SSSR count). The number of nitrogens with two attached hydrogens (primary N) is 1. The molecule has 17 heteroatoms. The van der Waals surface area contributed by atoms with Crippen molar-refractivity contribution < 1.29 is 52.4 Å². The third kappa shape index (κ3) is 9.39. The molecule has 1 unspecified atom stereocenters. The number of amides is 1. The van der Waals surface area contributed by atoms with Crippen LogP contribution in [0.5, 0.6) is 0 Å². The average molecular weight is 845 g/mol. The molecule has 0 aliphatic carbocycles. The number of ketones is 2. The highest BCUT2D eigenvalue weighted by Gasteiger charge is 2.61. The van der Waals surface area contributed by atoms with E-state index in [2.05, 4.69) is 10.3 Å². The number of fused-ring (bicyclic) bond motifs is 1. The third-order valence-electron chi connectivity index (χ3n) is 12.9. The third-order valence-corrected chi connectivity index (χ3v) is 12.9. The van der Waals surface area contributed by atoms with Gasteiger partial charge in [-0.1, -0.05) is 45.0 Å². The van der Waals surface area contributed by atoms with Crippen LogP contribution in [0.25, 0.3) is 11.3 Å². The zero-order valence-electron chi connectivity index (χ0n) is 36.9. The van der Waals surface area contributed by atoms with Crippen molar-refractivity contribution in [3.8, 4) is 11.3 Å². The zero-order valence-corrected chi connectivity index (χ0v) is 36.9. The highest BCUT2D eigenvalue weighted by atomic mass is 19.1. The van der Waals surface area contributed by atoms with Crippen LogP contribution in [0.1, 0.15) is 87.5 Å². The summed E-state index contributed by atoms with van der Waals surface area (Å²) < 4.78 is 49.2. The molecule has 0 bridgehead atoms. The van der Waals surface area contributed by atoms with Gasteiger partial charge in [-0.15, -0.1) is 5.10 Å². The van der Waals surface area contributed by atoms with Crippen LogP contribution < -0.4 is 5.73 Å². The van der Waals surface area contributed by atoms with E-state index in [0.29, 0.717) is 37.2 Å². The van der Waals surface area contributed by atoms with E-state index in [-0.39, 0.29) is 37.3 Å². The number of Topliss-reactive ketones (excluding diaryl/α,β-unsaturated/α-hetero) is 2. The minimum atomic E-state index is -3.19. The molecule has 3 aliphatic rings. The van der Waals surface area contributed by atoms with Crippen molar-refractivity contribution in [3.05, 3.63) is 30.5 Å². The van der Waals surface area contributed by atoms with Crippen molar-refractivity contribution in [1.29, 1.82) is 0 Å². The number of cyclic esters (lactones) is 1. The van der Waals surface area contributed by atoms with Crippen molar-refractivity contribution in [1.82, 2.24) is 24.8 Å². The molecular weight excluding hydrogens is 780 g/mol. The van der Waals surface area contributed by atoms with Gasteiger partial charge in [0.05, 0.1) is 30.0 Å². The van der Waals surface area contributed by atoms with Gasteiger partial charge in [-0.2, -0.15) is 0 Å². The van der Waals surface area contributed by atoms with E-state index >= 15 is 4.39 Å². The van der Waals surface area contributed by atoms with E-state index in [1.165, 1.54) is 18.9 Å². The van der Waals surface area contributed by atoms with Crippen LogP contribution in [0.4, 0.5) is 14.9 Å². The maximum atomic E-state index is 16.9. The molecule has 4 heterocycles. The molecule has 3 aliphatic heterocycles. The lowest BCUT2D eigenvalue weighted by Gasteiger charge is -2.47. The number of hydrogen-bond donors (Lipinski definition) is 2. The number of aliphatic hydroxyl groups excluding tert-OH is 1. The second-order valence-electron chi connectivity index (χ2n) is 17.8. The summed E-state index contributed by atoms with van der Waals surface area (Å²) in [5, 5.41) is 19.9. The van der Waals surface area contributed by atoms with Gasteiger partial charge in [0, 0.05) is 55.2 Å². The lowest BCUT2D eigenvalue weighted by molar-refractivity contribution is -0.295. The van der Waals surface area contributed by atoms with Crippen LogP contribution in [0.15, 0.2) is 30.5 Å². The first-order chi connectivity index (χ1) is 28.1. The Hall–Kier alpha value is -4.03. The van der Waals surface area contributed by atoms with Gasteiger partial charge in [-0.25, -0.2) is 14.0 Å². The maximum Gasteiger partial charge on any atom is 0.410 e. The fourth-order valence-corrected chi connectivity index (χ4v) is 9.51. The van der Waals surface area contributed by atoms with Gasteiger partial charge in [-0.05, 0) is 86.0 Å². The fraction of sp³-hybridized carbons (Fsp3) is 0.721. The predicted octanol–water partition coefficient (Wildman–Crippen LogP) is 4.60. The highest BCUT2D eigenvalue weighted by Crippen LogP contribution is 2.44. The normalized spacial score (nSPS) is 37.1. The molecule has 13 atom stereocenters. The number of ether oxygens (including phenoxy) is 5. The van der Waals surface area contributed by atoms with Gasteiger partial charge in [-0.3, -0.25) is 14.3 Å². The molecule has 1 amide bonds. The molecule has 3 N–H and O–H groups in total. The Morgan fingerprint density at radius 3 is 2.37 bits per heavy atom. The molecule has 1 aromatic heterocycles. The first-order valence-electron chi connectivity index (χ1n) is 21.0. The Balaban J connectivity index is 1.45. The number of esters is 1. The molecule has 0 radical (unpaired) electrons. The number of carbonyl (C=O) groups excluding carboxylic acids is 4. The van der Waals surface area contributed by atoms with Crippen LogP contribution in [-0.2, 0) is 44.6 Å².